The van der Waals surface area contributed by atoms with Gasteiger partial charge in [-0.15, -0.1) is 11.3 Å². The lowest BCUT2D eigenvalue weighted by atomic mass is 10.2. The van der Waals surface area contributed by atoms with Gasteiger partial charge >= 0.3 is 17.8 Å². The van der Waals surface area contributed by atoms with Gasteiger partial charge in [-0.2, -0.15) is 5.10 Å². The average molecular weight is 508 g/mol. The summed E-state index contributed by atoms with van der Waals surface area (Å²) >= 11 is 7.60. The molecule has 0 spiro atoms. The molecule has 0 radical (unpaired) electrons. The molecule has 176 valence electrons. The Bertz CT molecular complexity index is 1430. The summed E-state index contributed by atoms with van der Waals surface area (Å²) in [4.78, 5) is 36.9. The van der Waals surface area contributed by atoms with Gasteiger partial charge in [-0.1, -0.05) is 41.9 Å². The first kappa shape index (κ1) is 23.9. The van der Waals surface area contributed by atoms with Crippen LogP contribution in [-0.2, 0) is 9.59 Å². The van der Waals surface area contributed by atoms with Crippen LogP contribution >= 0.6 is 22.9 Å². The maximum Gasteiger partial charge on any atom is 0.355 e. The van der Waals surface area contributed by atoms with Gasteiger partial charge in [0, 0.05) is 10.1 Å². The maximum atomic E-state index is 12.6. The number of halogens is 1. The van der Waals surface area contributed by atoms with Gasteiger partial charge in [0.25, 0.3) is 0 Å². The summed E-state index contributed by atoms with van der Waals surface area (Å²) < 4.78 is 11.5. The van der Waals surface area contributed by atoms with Crippen molar-refractivity contribution < 1.29 is 23.9 Å². The molecule has 0 fully saturated rings. The second-order valence-corrected chi connectivity index (χ2v) is 8.48. The number of nitrogens with one attached hydrogen (secondary N) is 2. The fourth-order valence-electron chi connectivity index (χ4n) is 3.06. The highest BCUT2D eigenvalue weighted by atomic mass is 35.5. The number of methoxy groups -OCH3 is 1. The van der Waals surface area contributed by atoms with Crippen molar-refractivity contribution in [1.29, 1.82) is 0 Å². The number of amides is 2. The van der Waals surface area contributed by atoms with E-state index in [1.54, 1.807) is 48.5 Å². The molecule has 0 saturated heterocycles. The second-order valence-electron chi connectivity index (χ2n) is 7.05. The first-order valence-electron chi connectivity index (χ1n) is 10.2. The number of carbonyl (C=O) groups excluding carboxylic acids is 3. The lowest BCUT2D eigenvalue weighted by molar-refractivity contribution is -0.136. The molecule has 35 heavy (non-hydrogen) atoms. The van der Waals surface area contributed by atoms with Gasteiger partial charge in [-0.3, -0.25) is 9.59 Å². The highest BCUT2D eigenvalue weighted by Crippen LogP contribution is 2.35. The van der Waals surface area contributed by atoms with Crippen LogP contribution in [0.25, 0.3) is 10.1 Å². The van der Waals surface area contributed by atoms with Crippen molar-refractivity contribution in [3.63, 3.8) is 0 Å². The molecule has 8 nitrogen and oxygen atoms in total. The topological polar surface area (TPSA) is 106 Å². The lowest BCUT2D eigenvalue weighted by Gasteiger charge is -2.08. The summed E-state index contributed by atoms with van der Waals surface area (Å²) in [6.45, 7) is 0. The Hall–Kier alpha value is -4.21. The van der Waals surface area contributed by atoms with Crippen molar-refractivity contribution >= 4 is 62.7 Å². The summed E-state index contributed by atoms with van der Waals surface area (Å²) in [6, 6.07) is 20.6. The Morgan fingerprint density at radius 3 is 2.40 bits per heavy atom. The van der Waals surface area contributed by atoms with E-state index in [1.807, 2.05) is 24.3 Å². The summed E-state index contributed by atoms with van der Waals surface area (Å²) in [6.07, 6.45) is 1.35. The van der Waals surface area contributed by atoms with Crippen LogP contribution in [0.1, 0.15) is 15.2 Å². The Morgan fingerprint density at radius 2 is 1.66 bits per heavy atom. The van der Waals surface area contributed by atoms with Crippen molar-refractivity contribution in [1.82, 2.24) is 5.43 Å². The van der Waals surface area contributed by atoms with E-state index in [1.165, 1.54) is 24.7 Å². The fraction of sp³-hybridized carbons (Fsp3) is 0.0400. The zero-order valence-electron chi connectivity index (χ0n) is 18.3. The summed E-state index contributed by atoms with van der Waals surface area (Å²) in [5.41, 5.74) is 3.12. The van der Waals surface area contributed by atoms with Crippen molar-refractivity contribution in [3.05, 3.63) is 88.3 Å². The van der Waals surface area contributed by atoms with Crippen LogP contribution in [0, 0.1) is 0 Å². The average Bonchev–Trinajstić information content (AvgIpc) is 3.22. The predicted molar refractivity (Wildman–Crippen MR) is 136 cm³/mol. The molecule has 0 atom stereocenters. The molecule has 0 unspecified atom stereocenters. The number of thiophene rings is 1. The maximum absolute atomic E-state index is 12.6. The molecule has 4 rings (SSSR count). The number of hydrogen-bond acceptors (Lipinski definition) is 7. The van der Waals surface area contributed by atoms with Gasteiger partial charge in [-0.05, 0) is 48.0 Å². The molecule has 0 aliphatic rings. The number of para-hydroxylation sites is 2. The van der Waals surface area contributed by atoms with Gasteiger partial charge in [0.1, 0.15) is 16.4 Å². The van der Waals surface area contributed by atoms with E-state index in [0.29, 0.717) is 32.6 Å². The van der Waals surface area contributed by atoms with Gasteiger partial charge in [0.05, 0.1) is 24.0 Å². The van der Waals surface area contributed by atoms with Gasteiger partial charge < -0.3 is 14.8 Å². The van der Waals surface area contributed by atoms with Crippen molar-refractivity contribution in [2.75, 3.05) is 12.4 Å². The number of benzene rings is 3. The molecular formula is C25H18ClN3O5S. The predicted octanol–water partition coefficient (Wildman–Crippen LogP) is 4.87. The smallest absolute Gasteiger partial charge is 0.355 e. The highest BCUT2D eigenvalue weighted by molar-refractivity contribution is 7.21. The number of fused-ring (bicyclic) bond motifs is 1. The third-order valence-electron chi connectivity index (χ3n) is 4.75. The number of ether oxygens (including phenoxy) is 2. The van der Waals surface area contributed by atoms with E-state index in [9.17, 15) is 14.4 Å². The first-order chi connectivity index (χ1) is 17.0. The largest absolute Gasteiger partial charge is 0.495 e. The number of hydrogen-bond donors (Lipinski definition) is 2. The van der Waals surface area contributed by atoms with E-state index in [2.05, 4.69) is 15.8 Å². The Labute approximate surface area is 209 Å². The van der Waals surface area contributed by atoms with E-state index in [0.717, 1.165) is 10.1 Å². The molecule has 1 aromatic heterocycles. The molecule has 1 heterocycles. The zero-order valence-corrected chi connectivity index (χ0v) is 19.9. The first-order valence-corrected chi connectivity index (χ1v) is 11.4. The number of nitrogens with zero attached hydrogens (tertiary/aromatic N) is 1. The molecule has 3 aromatic carbocycles. The number of esters is 1. The van der Waals surface area contributed by atoms with Crippen LogP contribution in [0.2, 0.25) is 5.02 Å². The van der Waals surface area contributed by atoms with Crippen LogP contribution < -0.4 is 20.2 Å². The summed E-state index contributed by atoms with van der Waals surface area (Å²) in [5.74, 6) is -1.65. The van der Waals surface area contributed by atoms with Crippen LogP contribution in [0.4, 0.5) is 5.69 Å². The molecule has 0 saturated carbocycles. The van der Waals surface area contributed by atoms with Crippen molar-refractivity contribution in [2.45, 2.75) is 0 Å². The summed E-state index contributed by atoms with van der Waals surface area (Å²) in [7, 11) is 1.46. The minimum atomic E-state index is -0.946. The molecular weight excluding hydrogens is 490 g/mol. The minimum absolute atomic E-state index is 0.320. The van der Waals surface area contributed by atoms with Gasteiger partial charge in [-0.25, -0.2) is 10.2 Å². The van der Waals surface area contributed by atoms with Gasteiger partial charge in [0.2, 0.25) is 0 Å². The Balaban J connectivity index is 1.32. The van der Waals surface area contributed by atoms with Crippen molar-refractivity contribution in [3.8, 4) is 11.5 Å². The quantitative estimate of drug-likeness (QED) is 0.127. The number of carbonyl (C=O) groups is 3. The number of hydrazone groups is 1. The van der Waals surface area contributed by atoms with Crippen LogP contribution in [0.5, 0.6) is 11.5 Å². The molecule has 2 amide bonds. The molecule has 0 bridgehead atoms. The van der Waals surface area contributed by atoms with Crippen LogP contribution in [-0.4, -0.2) is 31.1 Å². The monoisotopic (exact) mass is 507 g/mol. The van der Waals surface area contributed by atoms with E-state index in [-0.39, 0.29) is 0 Å². The Kier molecular flexibility index (Phi) is 7.39. The van der Waals surface area contributed by atoms with E-state index in [4.69, 9.17) is 21.1 Å². The van der Waals surface area contributed by atoms with E-state index >= 15 is 0 Å². The van der Waals surface area contributed by atoms with E-state index < -0.39 is 17.8 Å². The molecule has 4 aromatic rings. The molecule has 0 aliphatic heterocycles. The lowest BCUT2D eigenvalue weighted by Crippen LogP contribution is -2.32. The van der Waals surface area contributed by atoms with Gasteiger partial charge in [0.15, 0.2) is 0 Å². The summed E-state index contributed by atoms with van der Waals surface area (Å²) in [5, 5.41) is 7.40. The SMILES string of the molecule is COc1ccccc1NC(=O)C(=O)N/N=C/c1ccc(OC(=O)c2sc3ccccc3c2Cl)cc1. The highest BCUT2D eigenvalue weighted by Gasteiger charge is 2.19. The fourth-order valence-corrected chi connectivity index (χ4v) is 4.45. The third-order valence-corrected chi connectivity index (χ3v) is 6.41. The second kappa shape index (κ2) is 10.8. The number of rotatable bonds is 6. The third kappa shape index (κ3) is 5.65. The van der Waals surface area contributed by atoms with Crippen LogP contribution in [0.15, 0.2) is 77.9 Å². The Morgan fingerprint density at radius 1 is 0.943 bits per heavy atom. The molecule has 0 aliphatic carbocycles. The number of anilines is 1. The molecule has 10 heteroatoms. The zero-order chi connectivity index (χ0) is 24.8. The normalized spacial score (nSPS) is 10.8. The minimum Gasteiger partial charge on any atom is -0.495 e. The van der Waals surface area contributed by atoms with Crippen LogP contribution in [0.3, 0.4) is 0 Å². The molecule has 2 N–H and O–H groups in total. The standard InChI is InChI=1S/C25H18ClN3O5S/c1-33-19-8-4-3-7-18(19)28-23(30)24(31)29-27-14-15-10-12-16(13-11-15)34-25(32)22-21(26)17-6-2-5-9-20(17)35-22/h2-14H,1H3,(H,28,30)(H,29,31)/b27-14+. The van der Waals surface area contributed by atoms with Crippen molar-refractivity contribution in [2.24, 2.45) is 5.10 Å².